The summed E-state index contributed by atoms with van der Waals surface area (Å²) in [4.78, 5) is 27.5. The summed E-state index contributed by atoms with van der Waals surface area (Å²) in [6.45, 7) is 8.02. The number of ketones is 1. The van der Waals surface area contributed by atoms with E-state index in [-0.39, 0.29) is 17.2 Å². The molecule has 1 aliphatic rings. The third-order valence-corrected chi connectivity index (χ3v) is 5.31. The van der Waals surface area contributed by atoms with Crippen LogP contribution in [-0.2, 0) is 9.59 Å². The molecule has 1 fully saturated rings. The number of aryl methyl sites for hydroxylation is 1. The minimum Gasteiger partial charge on any atom is -0.507 e. The molecule has 3 aromatic rings. The van der Waals surface area contributed by atoms with Crippen LogP contribution in [0.15, 0.2) is 77.3 Å². The van der Waals surface area contributed by atoms with Crippen molar-refractivity contribution < 1.29 is 28.7 Å². The number of carbonyl (C=O) groups is 2. The molecule has 0 bridgehead atoms. The fourth-order valence-corrected chi connectivity index (χ4v) is 3.78. The number of aliphatic hydroxyl groups is 1. The number of ether oxygens (including phenoxy) is 2. The molecule has 0 aliphatic carbocycles. The molecule has 1 unspecified atom stereocenters. The van der Waals surface area contributed by atoms with Gasteiger partial charge in [-0.25, -0.2) is 0 Å². The first-order valence-electron chi connectivity index (χ1n) is 10.8. The molecule has 2 aromatic carbocycles. The molecule has 0 spiro atoms. The third kappa shape index (κ3) is 4.30. The van der Waals surface area contributed by atoms with Crippen molar-refractivity contribution in [1.82, 2.24) is 5.16 Å². The zero-order valence-corrected chi connectivity index (χ0v) is 18.9. The van der Waals surface area contributed by atoms with Crippen molar-refractivity contribution in [2.24, 2.45) is 0 Å². The molecule has 4 rings (SSSR count). The Bertz CT molecular complexity index is 1240. The van der Waals surface area contributed by atoms with Crippen LogP contribution < -0.4 is 14.4 Å². The molecule has 34 heavy (non-hydrogen) atoms. The van der Waals surface area contributed by atoms with Gasteiger partial charge in [-0.3, -0.25) is 14.5 Å². The van der Waals surface area contributed by atoms with Gasteiger partial charge in [0.1, 0.15) is 29.6 Å². The number of nitrogens with zero attached hydrogens (tertiary/aromatic N) is 2. The topological polar surface area (TPSA) is 102 Å². The second-order valence-corrected chi connectivity index (χ2v) is 7.59. The minimum atomic E-state index is -0.906. The summed E-state index contributed by atoms with van der Waals surface area (Å²) >= 11 is 0. The van der Waals surface area contributed by atoms with Crippen LogP contribution in [0.5, 0.6) is 11.5 Å². The number of hydrogen-bond donors (Lipinski definition) is 1. The molecule has 0 radical (unpaired) electrons. The van der Waals surface area contributed by atoms with E-state index in [4.69, 9.17) is 14.0 Å². The molecule has 2 heterocycles. The fraction of sp³-hybridized carbons (Fsp3) is 0.192. The van der Waals surface area contributed by atoms with Crippen molar-refractivity contribution in [2.75, 3.05) is 18.1 Å². The van der Waals surface area contributed by atoms with Gasteiger partial charge in [0.15, 0.2) is 5.82 Å². The SMILES string of the molecule is C=CCOc1ccc(/C(O)=C2\C(=O)C(=O)N(c3cc(C)on3)C2c2ccc(OCC)cc2)cc1. The van der Waals surface area contributed by atoms with Gasteiger partial charge in [-0.15, -0.1) is 0 Å². The highest BCUT2D eigenvalue weighted by atomic mass is 16.5. The molecular formula is C26H24N2O6. The van der Waals surface area contributed by atoms with Gasteiger partial charge in [0, 0.05) is 11.6 Å². The van der Waals surface area contributed by atoms with Crippen molar-refractivity contribution in [1.29, 1.82) is 0 Å². The first kappa shape index (κ1) is 22.8. The van der Waals surface area contributed by atoms with Crippen LogP contribution in [0.3, 0.4) is 0 Å². The highest BCUT2D eigenvalue weighted by molar-refractivity contribution is 6.51. The molecule has 1 N–H and O–H groups in total. The number of aromatic nitrogens is 1. The van der Waals surface area contributed by atoms with Gasteiger partial charge in [-0.2, -0.15) is 0 Å². The van der Waals surface area contributed by atoms with Crippen LogP contribution in [0, 0.1) is 6.92 Å². The molecule has 1 amide bonds. The van der Waals surface area contributed by atoms with E-state index in [9.17, 15) is 14.7 Å². The van der Waals surface area contributed by atoms with Gasteiger partial charge in [-0.1, -0.05) is 29.9 Å². The Morgan fingerprint density at radius 2 is 1.76 bits per heavy atom. The number of anilines is 1. The van der Waals surface area contributed by atoms with Crippen molar-refractivity contribution in [3.63, 3.8) is 0 Å². The number of aliphatic hydroxyl groups excluding tert-OH is 1. The third-order valence-electron chi connectivity index (χ3n) is 5.31. The summed E-state index contributed by atoms with van der Waals surface area (Å²) in [6, 6.07) is 14.2. The van der Waals surface area contributed by atoms with Crippen LogP contribution in [0.2, 0.25) is 0 Å². The second kappa shape index (κ2) is 9.66. The molecule has 1 atom stereocenters. The average Bonchev–Trinajstić information content (AvgIpc) is 3.38. The van der Waals surface area contributed by atoms with E-state index in [0.717, 1.165) is 0 Å². The second-order valence-electron chi connectivity index (χ2n) is 7.59. The molecule has 1 aliphatic heterocycles. The van der Waals surface area contributed by atoms with E-state index in [1.807, 2.05) is 6.92 Å². The lowest BCUT2D eigenvalue weighted by Crippen LogP contribution is -2.29. The Kier molecular flexibility index (Phi) is 6.49. The predicted octanol–water partition coefficient (Wildman–Crippen LogP) is 4.57. The zero-order chi connectivity index (χ0) is 24.2. The van der Waals surface area contributed by atoms with E-state index in [1.165, 1.54) is 4.90 Å². The Hall–Kier alpha value is -4.33. The summed E-state index contributed by atoms with van der Waals surface area (Å²) in [6.07, 6.45) is 1.62. The van der Waals surface area contributed by atoms with Crippen LogP contribution in [0.25, 0.3) is 5.76 Å². The number of benzene rings is 2. The number of Topliss-reactive ketones (excluding diaryl/α,β-unsaturated/α-hetero) is 1. The van der Waals surface area contributed by atoms with E-state index >= 15 is 0 Å². The van der Waals surface area contributed by atoms with Crippen LogP contribution in [0.1, 0.15) is 29.9 Å². The largest absolute Gasteiger partial charge is 0.507 e. The van der Waals surface area contributed by atoms with E-state index in [1.54, 1.807) is 67.6 Å². The van der Waals surface area contributed by atoms with Crippen molar-refractivity contribution in [3.05, 3.63) is 89.7 Å². The van der Waals surface area contributed by atoms with Crippen LogP contribution in [-0.4, -0.2) is 35.2 Å². The Morgan fingerprint density at radius 3 is 2.35 bits per heavy atom. The highest BCUT2D eigenvalue weighted by Gasteiger charge is 2.48. The quantitative estimate of drug-likeness (QED) is 0.227. The Morgan fingerprint density at radius 1 is 1.12 bits per heavy atom. The molecule has 174 valence electrons. The molecule has 1 aromatic heterocycles. The van der Waals surface area contributed by atoms with Gasteiger partial charge in [0.25, 0.3) is 5.78 Å². The van der Waals surface area contributed by atoms with Gasteiger partial charge in [0.2, 0.25) is 0 Å². The number of hydrogen-bond acceptors (Lipinski definition) is 7. The van der Waals surface area contributed by atoms with Gasteiger partial charge < -0.3 is 19.1 Å². The summed E-state index contributed by atoms with van der Waals surface area (Å²) in [5.74, 6) is -0.0179. The lowest BCUT2D eigenvalue weighted by Gasteiger charge is -2.23. The Labute approximate surface area is 196 Å². The van der Waals surface area contributed by atoms with Gasteiger partial charge in [-0.05, 0) is 55.8 Å². The molecule has 8 nitrogen and oxygen atoms in total. The lowest BCUT2D eigenvalue weighted by molar-refractivity contribution is -0.132. The highest BCUT2D eigenvalue weighted by Crippen LogP contribution is 2.42. The van der Waals surface area contributed by atoms with E-state index in [2.05, 4.69) is 11.7 Å². The maximum absolute atomic E-state index is 13.1. The molecule has 1 saturated heterocycles. The lowest BCUT2D eigenvalue weighted by atomic mass is 9.95. The molecular weight excluding hydrogens is 436 g/mol. The maximum atomic E-state index is 13.1. The van der Waals surface area contributed by atoms with Crippen LogP contribution in [0.4, 0.5) is 5.82 Å². The summed E-state index contributed by atoms with van der Waals surface area (Å²) < 4.78 is 16.1. The first-order chi connectivity index (χ1) is 16.4. The van der Waals surface area contributed by atoms with Gasteiger partial charge in [0.05, 0.1) is 18.2 Å². The summed E-state index contributed by atoms with van der Waals surface area (Å²) in [5.41, 5.74) is 0.932. The van der Waals surface area contributed by atoms with Gasteiger partial charge >= 0.3 is 5.91 Å². The van der Waals surface area contributed by atoms with Crippen LogP contribution >= 0.6 is 0 Å². The fourth-order valence-electron chi connectivity index (χ4n) is 3.78. The molecule has 8 heteroatoms. The smallest absolute Gasteiger partial charge is 0.301 e. The van der Waals surface area contributed by atoms with Crippen molar-refractivity contribution >= 4 is 23.3 Å². The zero-order valence-electron chi connectivity index (χ0n) is 18.9. The van der Waals surface area contributed by atoms with E-state index < -0.39 is 17.7 Å². The van der Waals surface area contributed by atoms with Crippen molar-refractivity contribution in [2.45, 2.75) is 19.9 Å². The molecule has 0 saturated carbocycles. The predicted molar refractivity (Wildman–Crippen MR) is 126 cm³/mol. The monoisotopic (exact) mass is 460 g/mol. The summed E-state index contributed by atoms with van der Waals surface area (Å²) in [7, 11) is 0. The minimum absolute atomic E-state index is 0.0467. The average molecular weight is 460 g/mol. The standard InChI is InChI=1S/C26H24N2O6/c1-4-14-33-20-12-8-18(9-13-20)24(29)22-23(17-6-10-19(11-7-17)32-5-2)28(26(31)25(22)30)21-15-16(3)34-27-21/h4,6-13,15,23,29H,1,5,14H2,2-3H3/b24-22+. The maximum Gasteiger partial charge on any atom is 0.301 e. The van der Waals surface area contributed by atoms with Crippen molar-refractivity contribution in [3.8, 4) is 11.5 Å². The number of amides is 1. The number of rotatable bonds is 8. The normalized spacial score (nSPS) is 17.1. The first-order valence-corrected chi connectivity index (χ1v) is 10.8. The Balaban J connectivity index is 1.82. The van der Waals surface area contributed by atoms with E-state index in [0.29, 0.717) is 41.6 Å². The number of carbonyl (C=O) groups excluding carboxylic acids is 2. The summed E-state index contributed by atoms with van der Waals surface area (Å²) in [5, 5.41) is 15.1.